The van der Waals surface area contributed by atoms with Gasteiger partial charge in [0.2, 0.25) is 11.8 Å². The van der Waals surface area contributed by atoms with E-state index in [1.807, 2.05) is 0 Å². The molecule has 2 aliphatic heterocycles. The number of aliphatic hydroxyl groups excluding tert-OH is 1. The van der Waals surface area contributed by atoms with Crippen LogP contribution in [0.5, 0.6) is 0 Å². The molecule has 0 radical (unpaired) electrons. The van der Waals surface area contributed by atoms with E-state index in [9.17, 15) is 33.6 Å². The van der Waals surface area contributed by atoms with Crippen LogP contribution in [0.4, 0.5) is 0 Å². The van der Waals surface area contributed by atoms with Crippen LogP contribution < -0.4 is 5.73 Å². The summed E-state index contributed by atoms with van der Waals surface area (Å²) in [6.07, 6.45) is 1.72. The first-order valence-electron chi connectivity index (χ1n) is 12.7. The summed E-state index contributed by atoms with van der Waals surface area (Å²) in [6, 6.07) is -1.28. The number of unbranched alkanes of at least 4 members (excludes halogenated alkanes) is 2. The van der Waals surface area contributed by atoms with Crippen molar-refractivity contribution >= 4 is 40.1 Å². The number of thiol groups is 1. The number of nitrogens with zero attached hydrogens (tertiary/aromatic N) is 2. The zero-order valence-electron chi connectivity index (χ0n) is 21.6. The van der Waals surface area contributed by atoms with Crippen molar-refractivity contribution < 1.29 is 51.7 Å². The molecule has 2 aliphatic rings. The maximum atomic E-state index is 12.8. The SMILES string of the molecule is COP(=O)(O)OC[C@@H]1C[C@@H](OP(=O)(O)OC[C@@H]2C[C@@H](O)CN2C(=O)CCCS)CN1C(=O)CCCCCN. The number of aliphatic hydroxyl groups is 1. The van der Waals surface area contributed by atoms with Gasteiger partial charge in [-0.3, -0.25) is 27.7 Å². The van der Waals surface area contributed by atoms with Crippen LogP contribution in [0.3, 0.4) is 0 Å². The minimum atomic E-state index is -4.62. The van der Waals surface area contributed by atoms with Gasteiger partial charge in [0.25, 0.3) is 0 Å². The summed E-state index contributed by atoms with van der Waals surface area (Å²) in [6.45, 7) is -0.0755. The zero-order valence-corrected chi connectivity index (χ0v) is 24.3. The number of carbonyl (C=O) groups is 2. The van der Waals surface area contributed by atoms with Gasteiger partial charge in [-0.05, 0) is 44.4 Å². The highest BCUT2D eigenvalue weighted by atomic mass is 32.1. The van der Waals surface area contributed by atoms with Gasteiger partial charge in [-0.15, -0.1) is 0 Å². The molecule has 222 valence electrons. The Labute approximate surface area is 228 Å². The first-order chi connectivity index (χ1) is 17.9. The summed E-state index contributed by atoms with van der Waals surface area (Å²) in [5.74, 6) is 0.0792. The molecule has 14 nitrogen and oxygen atoms in total. The molecule has 0 spiro atoms. The highest BCUT2D eigenvalue weighted by Crippen LogP contribution is 2.48. The normalized spacial score (nSPS) is 26.9. The molecule has 17 heteroatoms. The molecule has 0 aromatic carbocycles. The maximum absolute atomic E-state index is 12.8. The van der Waals surface area contributed by atoms with Gasteiger partial charge in [0.05, 0.1) is 37.5 Å². The number of β-amino-alcohol motifs (C(OH)–C–C–N with tert-alkyl or cyclic N) is 1. The minimum Gasteiger partial charge on any atom is -0.391 e. The standard InChI is InChI=1S/C21H41N3O11P2S/c1-32-36(28,29)33-15-17-11-19(13-24(17)20(26)6-3-2-4-8-22)35-37(30,31)34-14-16-10-18(25)12-23(16)21(27)7-5-9-38/h16-19,25,38H,2-15,22H2,1H3,(H,28,29)(H,30,31)/t16-,17-,18+,19+/m0/s1. The van der Waals surface area contributed by atoms with Crippen LogP contribution >= 0.6 is 28.3 Å². The van der Waals surface area contributed by atoms with Gasteiger partial charge in [-0.25, -0.2) is 9.13 Å². The van der Waals surface area contributed by atoms with Crippen LogP contribution in [-0.2, 0) is 36.8 Å². The van der Waals surface area contributed by atoms with Crippen LogP contribution in [-0.4, -0.2) is 107 Å². The zero-order chi connectivity index (χ0) is 28.3. The third kappa shape index (κ3) is 11.1. The van der Waals surface area contributed by atoms with E-state index in [0.717, 1.165) is 20.0 Å². The van der Waals surface area contributed by atoms with Crippen molar-refractivity contribution in [2.24, 2.45) is 5.73 Å². The van der Waals surface area contributed by atoms with Gasteiger partial charge < -0.3 is 30.4 Å². The largest absolute Gasteiger partial charge is 0.472 e. The predicted octanol–water partition coefficient (Wildman–Crippen LogP) is 1.04. The van der Waals surface area contributed by atoms with Crippen molar-refractivity contribution in [1.82, 2.24) is 9.80 Å². The maximum Gasteiger partial charge on any atom is 0.472 e. The molecule has 2 unspecified atom stereocenters. The van der Waals surface area contributed by atoms with Crippen LogP contribution in [0.25, 0.3) is 0 Å². The van der Waals surface area contributed by atoms with Crippen LogP contribution in [0.15, 0.2) is 0 Å². The molecule has 0 aromatic heterocycles. The number of amides is 2. The highest BCUT2D eigenvalue weighted by Gasteiger charge is 2.42. The predicted molar refractivity (Wildman–Crippen MR) is 140 cm³/mol. The molecule has 2 saturated heterocycles. The monoisotopic (exact) mass is 605 g/mol. The number of nitrogens with two attached hydrogens (primary N) is 1. The van der Waals surface area contributed by atoms with E-state index in [1.165, 1.54) is 9.80 Å². The first kappa shape index (κ1) is 33.6. The minimum absolute atomic E-state index is 0.0448. The molecule has 2 amide bonds. The van der Waals surface area contributed by atoms with Gasteiger partial charge in [-0.1, -0.05) is 6.42 Å². The van der Waals surface area contributed by atoms with E-state index in [4.69, 9.17) is 19.3 Å². The average molecular weight is 606 g/mol. The lowest BCUT2D eigenvalue weighted by Gasteiger charge is -2.25. The number of rotatable bonds is 17. The van der Waals surface area contributed by atoms with Crippen LogP contribution in [0, 0.1) is 0 Å². The van der Waals surface area contributed by atoms with Gasteiger partial charge in [-0.2, -0.15) is 12.6 Å². The summed E-state index contributed by atoms with van der Waals surface area (Å²) >= 11 is 4.09. The molecule has 2 rings (SSSR count). The van der Waals surface area contributed by atoms with Crippen molar-refractivity contribution in [3.05, 3.63) is 0 Å². The number of phosphoric ester groups is 2. The second-order valence-corrected chi connectivity index (χ2v) is 12.8. The molecular weight excluding hydrogens is 564 g/mol. The Bertz CT molecular complexity index is 870. The van der Waals surface area contributed by atoms with Crippen molar-refractivity contribution in [3.63, 3.8) is 0 Å². The third-order valence-corrected chi connectivity index (χ3v) is 8.72. The number of carbonyl (C=O) groups excluding carboxylic acids is 2. The van der Waals surface area contributed by atoms with Crippen molar-refractivity contribution in [3.8, 4) is 0 Å². The lowest BCUT2D eigenvalue weighted by molar-refractivity contribution is -0.133. The van der Waals surface area contributed by atoms with Gasteiger partial charge in [0.15, 0.2) is 0 Å². The molecule has 5 N–H and O–H groups in total. The highest BCUT2D eigenvalue weighted by molar-refractivity contribution is 7.80. The Balaban J connectivity index is 1.97. The van der Waals surface area contributed by atoms with Crippen molar-refractivity contribution in [2.45, 2.75) is 75.7 Å². The summed E-state index contributed by atoms with van der Waals surface area (Å²) in [5, 5.41) is 10.0. The van der Waals surface area contributed by atoms with Gasteiger partial charge in [0, 0.05) is 33.0 Å². The van der Waals surface area contributed by atoms with E-state index in [1.54, 1.807) is 0 Å². The second kappa shape index (κ2) is 16.0. The van der Waals surface area contributed by atoms with E-state index in [0.29, 0.717) is 25.1 Å². The summed E-state index contributed by atoms with van der Waals surface area (Å²) < 4.78 is 44.4. The summed E-state index contributed by atoms with van der Waals surface area (Å²) in [7, 11) is -7.90. The molecule has 0 aromatic rings. The fourth-order valence-corrected chi connectivity index (χ4v) is 6.09. The van der Waals surface area contributed by atoms with Gasteiger partial charge >= 0.3 is 15.6 Å². The Hall–Kier alpha value is -0.570. The van der Waals surface area contributed by atoms with Crippen LogP contribution in [0.1, 0.15) is 51.4 Å². The fraction of sp³-hybridized carbons (Fsp3) is 0.905. The fourth-order valence-electron chi connectivity index (χ4n) is 4.52. The first-order valence-corrected chi connectivity index (χ1v) is 16.3. The van der Waals surface area contributed by atoms with E-state index < -0.39 is 39.9 Å². The molecule has 38 heavy (non-hydrogen) atoms. The lowest BCUT2D eigenvalue weighted by atomic mass is 10.1. The quantitative estimate of drug-likeness (QED) is 0.0898. The number of hydrogen-bond acceptors (Lipinski definition) is 11. The number of phosphoric acid groups is 2. The Morgan fingerprint density at radius 2 is 1.50 bits per heavy atom. The molecule has 0 bridgehead atoms. The lowest BCUT2D eigenvalue weighted by Crippen LogP contribution is -2.38. The second-order valence-electron chi connectivity index (χ2n) is 9.39. The Morgan fingerprint density at radius 3 is 2.11 bits per heavy atom. The Morgan fingerprint density at radius 1 is 0.921 bits per heavy atom. The number of hydrogen-bond donors (Lipinski definition) is 5. The van der Waals surface area contributed by atoms with Gasteiger partial charge in [0.1, 0.15) is 0 Å². The smallest absolute Gasteiger partial charge is 0.391 e. The molecule has 2 heterocycles. The third-order valence-electron chi connectivity index (χ3n) is 6.43. The van der Waals surface area contributed by atoms with Crippen LogP contribution in [0.2, 0.25) is 0 Å². The van der Waals surface area contributed by atoms with Crippen molar-refractivity contribution in [1.29, 1.82) is 0 Å². The van der Waals surface area contributed by atoms with E-state index in [2.05, 4.69) is 17.2 Å². The molecular formula is C21H41N3O11P2S. The van der Waals surface area contributed by atoms with E-state index >= 15 is 0 Å². The van der Waals surface area contributed by atoms with Crippen molar-refractivity contribution in [2.75, 3.05) is 45.7 Å². The van der Waals surface area contributed by atoms with E-state index in [-0.39, 0.29) is 63.8 Å². The summed E-state index contributed by atoms with van der Waals surface area (Å²) in [4.78, 5) is 48.0. The summed E-state index contributed by atoms with van der Waals surface area (Å²) in [5.41, 5.74) is 5.49. The Kier molecular flexibility index (Phi) is 14.2. The molecule has 6 atom stereocenters. The molecule has 0 saturated carbocycles. The topological polar surface area (TPSA) is 198 Å². The molecule has 0 aliphatic carbocycles. The average Bonchev–Trinajstić information content (AvgIpc) is 3.45. The molecule has 2 fully saturated rings. The number of likely N-dealkylation sites (tertiary alicyclic amines) is 2.